The molecular weight excluding hydrogens is 578 g/mol. The van der Waals surface area contributed by atoms with Crippen molar-refractivity contribution in [2.45, 2.75) is 0 Å². The zero-order valence-corrected chi connectivity index (χ0v) is 23.4. The first-order valence-corrected chi connectivity index (χ1v) is 11.8. The van der Waals surface area contributed by atoms with Crippen LogP contribution in [-0.4, -0.2) is 69.8 Å². The summed E-state index contributed by atoms with van der Waals surface area (Å²) in [7, 11) is 0. The van der Waals surface area contributed by atoms with Crippen molar-refractivity contribution in [3.63, 3.8) is 0 Å². The van der Waals surface area contributed by atoms with Gasteiger partial charge in [-0.1, -0.05) is 0 Å². The van der Waals surface area contributed by atoms with Gasteiger partial charge in [-0.25, -0.2) is 9.97 Å². The minimum atomic E-state index is 0. The van der Waals surface area contributed by atoms with Crippen molar-refractivity contribution in [2.75, 3.05) is 0 Å². The van der Waals surface area contributed by atoms with Crippen LogP contribution in [-0.2, 0) is 19.5 Å². The summed E-state index contributed by atoms with van der Waals surface area (Å²) in [6.07, 6.45) is 12.4. The molecule has 0 aliphatic carbocycles. The van der Waals surface area contributed by atoms with Crippen LogP contribution < -0.4 is 9.97 Å². The van der Waals surface area contributed by atoms with Crippen molar-refractivity contribution >= 4 is 44.7 Å². The van der Waals surface area contributed by atoms with Crippen LogP contribution in [0.15, 0.2) is 49.6 Å². The summed E-state index contributed by atoms with van der Waals surface area (Å²) < 4.78 is 0. The molecule has 7 aromatic heterocycles. The molecule has 41 heavy (non-hydrogen) atoms. The number of aromatic nitrogens is 16. The molecule has 17 heteroatoms. The monoisotopic (exact) mass is 584 g/mol. The van der Waals surface area contributed by atoms with Gasteiger partial charge in [0.1, 0.15) is 68.1 Å². The molecule has 0 amide bonds. The Kier molecular flexibility index (Phi) is 4.90. The second kappa shape index (κ2) is 8.65. The van der Waals surface area contributed by atoms with Gasteiger partial charge in [-0.05, 0) is 0 Å². The number of rotatable bonds is 0. The zero-order chi connectivity index (χ0) is 26.2. The standard InChI is InChI=1S/C24H8N16.Zn/c1-2-26-10-9(25-1)17-33-18(10)38-20-13-14(30-6-5-29-13)22(35-20)40-24-16-15(31-7-8-32-16)23(36-24)39-21-12-11(19(34-21)37-17)27-3-4-28-12;/h1-8H;/q-2;+2. The molecule has 0 fully saturated rings. The largest absolute Gasteiger partial charge is 2.00 e. The van der Waals surface area contributed by atoms with Crippen molar-refractivity contribution in [1.29, 1.82) is 0 Å². The molecule has 0 atom stereocenters. The van der Waals surface area contributed by atoms with E-state index in [-0.39, 0.29) is 65.4 Å². The van der Waals surface area contributed by atoms with E-state index in [0.717, 1.165) is 0 Å². The van der Waals surface area contributed by atoms with Gasteiger partial charge in [-0.2, -0.15) is 0 Å². The smallest absolute Gasteiger partial charge is 0.354 e. The molecule has 9 heterocycles. The first-order chi connectivity index (χ1) is 19.8. The molecule has 16 nitrogen and oxygen atoms in total. The van der Waals surface area contributed by atoms with Crippen molar-refractivity contribution in [3.8, 4) is 46.1 Å². The average Bonchev–Trinajstić information content (AvgIpc) is 3.73. The maximum absolute atomic E-state index is 4.69. The van der Waals surface area contributed by atoms with E-state index in [9.17, 15) is 0 Å². The van der Waals surface area contributed by atoms with E-state index in [1.54, 1.807) is 49.6 Å². The van der Waals surface area contributed by atoms with Crippen molar-refractivity contribution in [2.24, 2.45) is 0 Å². The van der Waals surface area contributed by atoms with E-state index >= 15 is 0 Å². The van der Waals surface area contributed by atoms with Crippen LogP contribution in [0.1, 0.15) is 0 Å². The fraction of sp³-hybridized carbons (Fsp3) is 0. The van der Waals surface area contributed by atoms with Gasteiger partial charge in [0.2, 0.25) is 0 Å². The second-order valence-corrected chi connectivity index (χ2v) is 8.50. The molecule has 7 aromatic rings. The molecule has 2 aliphatic heterocycles. The molecule has 9 rings (SSSR count). The third-order valence-corrected chi connectivity index (χ3v) is 6.18. The summed E-state index contributed by atoms with van der Waals surface area (Å²) in [6, 6.07) is 0. The van der Waals surface area contributed by atoms with Gasteiger partial charge >= 0.3 is 19.5 Å². The topological polar surface area (TPSA) is 209 Å². The summed E-state index contributed by atoms with van der Waals surface area (Å²) in [5, 5.41) is 0. The van der Waals surface area contributed by atoms with Crippen LogP contribution in [0.2, 0.25) is 0 Å². The van der Waals surface area contributed by atoms with Gasteiger partial charge in [0.05, 0.1) is 0 Å². The van der Waals surface area contributed by atoms with Gasteiger partial charge in [0.25, 0.3) is 0 Å². The molecule has 8 bridgehead atoms. The van der Waals surface area contributed by atoms with E-state index in [0.29, 0.717) is 44.8 Å². The second-order valence-electron chi connectivity index (χ2n) is 8.50. The van der Waals surface area contributed by atoms with Gasteiger partial charge in [-0.15, -0.1) is 0 Å². The molecule has 0 unspecified atom stereocenters. The summed E-state index contributed by atoms with van der Waals surface area (Å²) in [6.45, 7) is 0. The van der Waals surface area contributed by atoms with Crippen LogP contribution in [0.25, 0.3) is 90.7 Å². The van der Waals surface area contributed by atoms with E-state index in [1.165, 1.54) is 0 Å². The Morgan fingerprint density at radius 2 is 0.561 bits per heavy atom. The SMILES string of the molecule is [Zn+2].c1cnc2c(n1)-c1nc-2nc2[n-]c(nc3nc(nc4[n-]c(n1)c1nccnc41)-c1nccnc1-3)c1nccnc21. The van der Waals surface area contributed by atoms with Gasteiger partial charge in [0, 0.05) is 72.2 Å². The minimum absolute atomic E-state index is 0. The van der Waals surface area contributed by atoms with Crippen LogP contribution >= 0.6 is 0 Å². The number of fused-ring (bicyclic) bond motifs is 20. The third kappa shape index (κ3) is 3.42. The fourth-order valence-electron chi connectivity index (χ4n) is 4.51. The summed E-state index contributed by atoms with van der Waals surface area (Å²) in [5.74, 6) is 1.01. The summed E-state index contributed by atoms with van der Waals surface area (Å²) >= 11 is 0. The van der Waals surface area contributed by atoms with Crippen LogP contribution in [0.3, 0.4) is 0 Å². The van der Waals surface area contributed by atoms with E-state index in [2.05, 4.69) is 79.7 Å². The number of nitrogens with zero attached hydrogens (tertiary/aromatic N) is 16. The van der Waals surface area contributed by atoms with Gasteiger partial charge in [0.15, 0.2) is 0 Å². The predicted molar refractivity (Wildman–Crippen MR) is 136 cm³/mol. The molecule has 0 aromatic carbocycles. The molecule has 0 spiro atoms. The molecule has 2 aliphatic rings. The maximum Gasteiger partial charge on any atom is 2.00 e. The zero-order valence-electron chi connectivity index (χ0n) is 20.5. The molecule has 0 saturated carbocycles. The number of hydrogen-bond acceptors (Lipinski definition) is 14. The van der Waals surface area contributed by atoms with Crippen LogP contribution in [0.5, 0.6) is 0 Å². The Labute approximate surface area is 239 Å². The normalized spacial score (nSPS) is 11.7. The molecule has 186 valence electrons. The third-order valence-electron chi connectivity index (χ3n) is 6.18. The quantitative estimate of drug-likeness (QED) is 0.229. The predicted octanol–water partition coefficient (Wildman–Crippen LogP) is 1.28. The van der Waals surface area contributed by atoms with Gasteiger partial charge < -0.3 is 29.9 Å². The first-order valence-electron chi connectivity index (χ1n) is 11.8. The van der Waals surface area contributed by atoms with Crippen molar-refractivity contribution < 1.29 is 19.5 Å². The Balaban J connectivity index is 0.00000256. The summed E-state index contributed by atoms with van der Waals surface area (Å²) in [5.41, 5.74) is 4.45. The molecular formula is C24H8N16Zn. The molecule has 0 saturated heterocycles. The Hall–Kier alpha value is -5.70. The number of hydrogen-bond donors (Lipinski definition) is 0. The Morgan fingerprint density at radius 1 is 0.317 bits per heavy atom. The van der Waals surface area contributed by atoms with Crippen molar-refractivity contribution in [3.05, 3.63) is 49.6 Å². The minimum Gasteiger partial charge on any atom is -0.354 e. The fourth-order valence-corrected chi connectivity index (χ4v) is 4.51. The van der Waals surface area contributed by atoms with E-state index in [1.807, 2.05) is 0 Å². The molecule has 0 N–H and O–H groups in total. The van der Waals surface area contributed by atoms with Crippen LogP contribution in [0.4, 0.5) is 0 Å². The van der Waals surface area contributed by atoms with Gasteiger partial charge in [-0.3, -0.25) is 39.9 Å². The summed E-state index contributed by atoms with van der Waals surface area (Å²) in [4.78, 5) is 72.8. The Bertz CT molecular complexity index is 2040. The first kappa shape index (κ1) is 23.2. The maximum atomic E-state index is 4.69. The van der Waals surface area contributed by atoms with Crippen LogP contribution in [0, 0.1) is 0 Å². The Morgan fingerprint density at radius 3 is 0.829 bits per heavy atom. The molecule has 0 radical (unpaired) electrons. The average molecular weight is 586 g/mol. The van der Waals surface area contributed by atoms with E-state index in [4.69, 9.17) is 0 Å². The van der Waals surface area contributed by atoms with E-state index < -0.39 is 0 Å². The van der Waals surface area contributed by atoms with Crippen molar-refractivity contribution in [1.82, 2.24) is 79.7 Å².